The molecule has 0 spiro atoms. The van der Waals surface area contributed by atoms with Crippen LogP contribution in [-0.2, 0) is 0 Å². The zero-order chi connectivity index (χ0) is 11.0. The molecule has 2 heterocycles. The van der Waals surface area contributed by atoms with Crippen molar-refractivity contribution in [2.75, 3.05) is 5.01 Å². The van der Waals surface area contributed by atoms with Gasteiger partial charge in [0.25, 0.3) is 0 Å². The Morgan fingerprint density at radius 1 is 1.53 bits per heavy atom. The Kier molecular flexibility index (Phi) is 3.19. The molecule has 1 aromatic heterocycles. The number of hydrogen-bond acceptors (Lipinski definition) is 3. The van der Waals surface area contributed by atoms with Crippen molar-refractivity contribution in [2.45, 2.75) is 19.4 Å². The topological polar surface area (TPSA) is 28.5 Å². The third-order valence-electron chi connectivity index (χ3n) is 2.10. The van der Waals surface area contributed by atoms with E-state index < -0.39 is 0 Å². The highest BCUT2D eigenvalue weighted by Crippen LogP contribution is 2.31. The molecule has 2 rings (SSSR count). The molecule has 0 N–H and O–H groups in total. The highest BCUT2D eigenvalue weighted by Gasteiger charge is 2.25. The fourth-order valence-corrected chi connectivity index (χ4v) is 2.52. The summed E-state index contributed by atoms with van der Waals surface area (Å²) in [6.45, 7) is 2.06. The van der Waals surface area contributed by atoms with Crippen LogP contribution in [0.25, 0.3) is 0 Å². The predicted octanol–water partition coefficient (Wildman–Crippen LogP) is 3.70. The van der Waals surface area contributed by atoms with Crippen molar-refractivity contribution in [3.63, 3.8) is 0 Å². The highest BCUT2D eigenvalue weighted by molar-refractivity contribution is 9.18. The SMILES string of the molecule is CC1CC(Br)=NN1c1ncc(Cl)cc1Cl. The monoisotopic (exact) mass is 307 g/mol. The summed E-state index contributed by atoms with van der Waals surface area (Å²) >= 11 is 15.2. The van der Waals surface area contributed by atoms with E-state index in [-0.39, 0.29) is 6.04 Å². The van der Waals surface area contributed by atoms with Crippen molar-refractivity contribution >= 4 is 49.6 Å². The van der Waals surface area contributed by atoms with Gasteiger partial charge in [-0.25, -0.2) is 9.99 Å². The maximum Gasteiger partial charge on any atom is 0.168 e. The highest BCUT2D eigenvalue weighted by atomic mass is 79.9. The van der Waals surface area contributed by atoms with Gasteiger partial charge in [-0.1, -0.05) is 23.2 Å². The molecule has 0 radical (unpaired) electrons. The number of hydrazone groups is 1. The number of aromatic nitrogens is 1. The maximum absolute atomic E-state index is 6.05. The Bertz CT molecular complexity index is 422. The minimum absolute atomic E-state index is 0.255. The van der Waals surface area contributed by atoms with Gasteiger partial charge in [0.05, 0.1) is 16.1 Å². The van der Waals surface area contributed by atoms with Crippen molar-refractivity contribution < 1.29 is 0 Å². The van der Waals surface area contributed by atoms with E-state index in [0.717, 1.165) is 11.0 Å². The van der Waals surface area contributed by atoms with Gasteiger partial charge in [-0.2, -0.15) is 5.10 Å². The lowest BCUT2D eigenvalue weighted by Crippen LogP contribution is -2.23. The molecule has 3 nitrogen and oxygen atoms in total. The molecule has 0 aromatic carbocycles. The standard InChI is InChI=1S/C9H8BrCl2N3/c1-5-2-8(10)14-15(5)9-7(12)3-6(11)4-13-9/h3-5H,2H2,1H3. The Morgan fingerprint density at radius 2 is 2.27 bits per heavy atom. The zero-order valence-electron chi connectivity index (χ0n) is 7.91. The van der Waals surface area contributed by atoms with E-state index in [1.165, 1.54) is 0 Å². The van der Waals surface area contributed by atoms with Crippen LogP contribution in [0.4, 0.5) is 5.82 Å². The zero-order valence-corrected chi connectivity index (χ0v) is 11.0. The lowest BCUT2D eigenvalue weighted by atomic mass is 10.2. The van der Waals surface area contributed by atoms with Gasteiger partial charge in [-0.3, -0.25) is 0 Å². The summed E-state index contributed by atoms with van der Waals surface area (Å²) in [5.41, 5.74) is 0. The molecule has 1 unspecified atom stereocenters. The molecule has 0 bridgehead atoms. The fraction of sp³-hybridized carbons (Fsp3) is 0.333. The molecule has 1 aromatic rings. The van der Waals surface area contributed by atoms with Crippen LogP contribution >= 0.6 is 39.1 Å². The van der Waals surface area contributed by atoms with Gasteiger partial charge in [0.2, 0.25) is 0 Å². The number of halogens is 3. The van der Waals surface area contributed by atoms with Gasteiger partial charge in [-0.05, 0) is 28.9 Å². The van der Waals surface area contributed by atoms with Gasteiger partial charge in [0.15, 0.2) is 5.82 Å². The van der Waals surface area contributed by atoms with Crippen molar-refractivity contribution in [3.8, 4) is 0 Å². The number of pyridine rings is 1. The predicted molar refractivity (Wildman–Crippen MR) is 67.2 cm³/mol. The van der Waals surface area contributed by atoms with Gasteiger partial charge in [0, 0.05) is 12.6 Å². The van der Waals surface area contributed by atoms with E-state index in [1.54, 1.807) is 17.3 Å². The summed E-state index contributed by atoms with van der Waals surface area (Å²) in [6, 6.07) is 1.92. The first kappa shape index (κ1) is 11.2. The molecule has 15 heavy (non-hydrogen) atoms. The molecule has 80 valence electrons. The van der Waals surface area contributed by atoms with Crippen LogP contribution in [-0.4, -0.2) is 15.6 Å². The third-order valence-corrected chi connectivity index (χ3v) is 3.07. The minimum atomic E-state index is 0.255. The molecular weight excluding hydrogens is 301 g/mol. The summed E-state index contributed by atoms with van der Waals surface area (Å²) < 4.78 is 0.905. The molecule has 0 fully saturated rings. The van der Waals surface area contributed by atoms with E-state index in [4.69, 9.17) is 23.2 Å². The quantitative estimate of drug-likeness (QED) is 0.791. The summed E-state index contributed by atoms with van der Waals surface area (Å²) in [5, 5.41) is 7.14. The van der Waals surface area contributed by atoms with Crippen LogP contribution < -0.4 is 5.01 Å². The van der Waals surface area contributed by atoms with Crippen LogP contribution in [0.15, 0.2) is 17.4 Å². The number of hydrogen-bond donors (Lipinski definition) is 0. The summed E-state index contributed by atoms with van der Waals surface area (Å²) in [5.74, 6) is 0.642. The third kappa shape index (κ3) is 2.27. The molecule has 6 heteroatoms. The summed E-state index contributed by atoms with van der Waals surface area (Å²) in [7, 11) is 0. The smallest absolute Gasteiger partial charge is 0.168 e. The first-order chi connectivity index (χ1) is 7.08. The van der Waals surface area contributed by atoms with Crippen molar-refractivity contribution in [3.05, 3.63) is 22.3 Å². The Balaban J connectivity index is 2.38. The first-order valence-electron chi connectivity index (χ1n) is 4.41. The van der Waals surface area contributed by atoms with Crippen LogP contribution in [0, 0.1) is 0 Å². The van der Waals surface area contributed by atoms with E-state index in [0.29, 0.717) is 15.9 Å². The molecule has 0 saturated heterocycles. The molecule has 1 atom stereocenters. The van der Waals surface area contributed by atoms with Gasteiger partial charge in [-0.15, -0.1) is 0 Å². The molecular formula is C9H8BrCl2N3. The average Bonchev–Trinajstić information content (AvgIpc) is 2.45. The average molecular weight is 309 g/mol. The second kappa shape index (κ2) is 4.28. The number of nitrogens with zero attached hydrogens (tertiary/aromatic N) is 3. The van der Waals surface area contributed by atoms with Crippen LogP contribution in [0.2, 0.25) is 10.0 Å². The van der Waals surface area contributed by atoms with E-state index in [2.05, 4.69) is 32.9 Å². The lowest BCUT2D eigenvalue weighted by Gasteiger charge is -2.19. The lowest BCUT2D eigenvalue weighted by molar-refractivity contribution is 0.714. The van der Waals surface area contributed by atoms with Crippen LogP contribution in [0.3, 0.4) is 0 Å². The molecule has 1 aliphatic heterocycles. The molecule has 0 amide bonds. The molecule has 1 aliphatic rings. The molecule has 0 saturated carbocycles. The van der Waals surface area contributed by atoms with Crippen LogP contribution in [0.1, 0.15) is 13.3 Å². The van der Waals surface area contributed by atoms with Crippen molar-refractivity contribution in [1.82, 2.24) is 4.98 Å². The normalized spacial score (nSPS) is 20.7. The summed E-state index contributed by atoms with van der Waals surface area (Å²) in [4.78, 5) is 4.18. The van der Waals surface area contributed by atoms with Gasteiger partial charge >= 0.3 is 0 Å². The molecule has 0 aliphatic carbocycles. The maximum atomic E-state index is 6.05. The second-order valence-electron chi connectivity index (χ2n) is 3.33. The largest absolute Gasteiger partial charge is 0.243 e. The fourth-order valence-electron chi connectivity index (χ4n) is 1.42. The van der Waals surface area contributed by atoms with E-state index in [1.807, 2.05) is 0 Å². The number of anilines is 1. The first-order valence-corrected chi connectivity index (χ1v) is 5.96. The van der Waals surface area contributed by atoms with Gasteiger partial charge in [0.1, 0.15) is 4.62 Å². The second-order valence-corrected chi connectivity index (χ2v) is 5.09. The van der Waals surface area contributed by atoms with E-state index >= 15 is 0 Å². The Labute approximate surface area is 106 Å². The minimum Gasteiger partial charge on any atom is -0.243 e. The number of rotatable bonds is 1. The van der Waals surface area contributed by atoms with Crippen LogP contribution in [0.5, 0.6) is 0 Å². The Hall–Kier alpha value is -0.320. The van der Waals surface area contributed by atoms with E-state index in [9.17, 15) is 0 Å². The summed E-state index contributed by atoms with van der Waals surface area (Å²) in [6.07, 6.45) is 2.43. The van der Waals surface area contributed by atoms with Crippen molar-refractivity contribution in [1.29, 1.82) is 0 Å². The Morgan fingerprint density at radius 3 is 2.80 bits per heavy atom. The van der Waals surface area contributed by atoms with Gasteiger partial charge < -0.3 is 0 Å². The van der Waals surface area contributed by atoms with Crippen molar-refractivity contribution in [2.24, 2.45) is 5.10 Å².